The third kappa shape index (κ3) is 2.37. The highest BCUT2D eigenvalue weighted by atomic mass is 32.1. The zero-order valence-electron chi connectivity index (χ0n) is 11.5. The Morgan fingerprint density at radius 1 is 1.23 bits per heavy atom. The van der Waals surface area contributed by atoms with Gasteiger partial charge >= 0.3 is 0 Å². The second-order valence-corrected chi connectivity index (χ2v) is 5.77. The molecule has 0 unspecified atom stereocenters. The Morgan fingerprint density at radius 2 is 2.09 bits per heavy atom. The fourth-order valence-electron chi connectivity index (χ4n) is 2.30. The highest BCUT2D eigenvalue weighted by Gasteiger charge is 2.27. The summed E-state index contributed by atoms with van der Waals surface area (Å²) in [4.78, 5) is 16.5. The predicted octanol–water partition coefficient (Wildman–Crippen LogP) is 3.07. The van der Waals surface area contributed by atoms with E-state index in [-0.39, 0.29) is 12.5 Å². The Balaban J connectivity index is 1.50. The Bertz CT molecular complexity index is 846. The van der Waals surface area contributed by atoms with Crippen LogP contribution in [0.2, 0.25) is 0 Å². The molecule has 0 aliphatic carbocycles. The molecular weight excluding hydrogens is 300 g/mol. The second kappa shape index (κ2) is 5.31. The van der Waals surface area contributed by atoms with E-state index >= 15 is 0 Å². The van der Waals surface area contributed by atoms with Crippen LogP contribution in [0.3, 0.4) is 0 Å². The number of rotatable bonds is 2. The molecular formula is C16H12N2O3S. The number of nitrogens with zero attached hydrogens (tertiary/aromatic N) is 1. The highest BCUT2D eigenvalue weighted by molar-refractivity contribution is 7.16. The van der Waals surface area contributed by atoms with Gasteiger partial charge in [-0.25, -0.2) is 4.98 Å². The first kappa shape index (κ1) is 13.1. The third-order valence-corrected chi connectivity index (χ3v) is 4.19. The molecule has 1 amide bonds. The van der Waals surface area contributed by atoms with Crippen LogP contribution in [0.15, 0.2) is 48.0 Å². The van der Waals surface area contributed by atoms with Gasteiger partial charge in [0.25, 0.3) is 5.91 Å². The quantitative estimate of drug-likeness (QED) is 0.790. The maximum absolute atomic E-state index is 12.3. The van der Waals surface area contributed by atoms with Gasteiger partial charge in [-0.15, -0.1) is 11.3 Å². The van der Waals surface area contributed by atoms with Crippen LogP contribution in [0.5, 0.6) is 11.5 Å². The molecule has 2 aromatic carbocycles. The minimum absolute atomic E-state index is 0.200. The number of hydrogen-bond donors (Lipinski definition) is 1. The second-order valence-electron chi connectivity index (χ2n) is 4.89. The molecule has 1 aromatic heterocycles. The van der Waals surface area contributed by atoms with E-state index in [1.807, 2.05) is 36.4 Å². The standard InChI is InChI=1S/C16H12N2O3S/c19-16(14-8-20-12-3-1-2-4-13(12)21-14)18-10-5-6-11-15(7-10)22-9-17-11/h1-7,9,14H,8H2,(H,18,19)/t14-/m0/s1. The number of anilines is 1. The monoisotopic (exact) mass is 312 g/mol. The molecule has 6 heteroatoms. The largest absolute Gasteiger partial charge is 0.485 e. The maximum atomic E-state index is 12.3. The molecule has 0 saturated carbocycles. The fourth-order valence-corrected chi connectivity index (χ4v) is 3.02. The number of carbonyl (C=O) groups is 1. The van der Waals surface area contributed by atoms with Crippen LogP contribution in [0.25, 0.3) is 10.2 Å². The molecule has 5 nitrogen and oxygen atoms in total. The lowest BCUT2D eigenvalue weighted by Crippen LogP contribution is -2.40. The topological polar surface area (TPSA) is 60.5 Å². The van der Waals surface area contributed by atoms with Crippen molar-refractivity contribution in [1.82, 2.24) is 4.98 Å². The molecule has 0 bridgehead atoms. The summed E-state index contributed by atoms with van der Waals surface area (Å²) in [5.74, 6) is 1.03. The van der Waals surface area contributed by atoms with Gasteiger partial charge in [-0.2, -0.15) is 0 Å². The smallest absolute Gasteiger partial charge is 0.269 e. The van der Waals surface area contributed by atoms with Crippen molar-refractivity contribution in [2.75, 3.05) is 11.9 Å². The van der Waals surface area contributed by atoms with Crippen LogP contribution >= 0.6 is 11.3 Å². The van der Waals surface area contributed by atoms with Crippen molar-refractivity contribution < 1.29 is 14.3 Å². The number of ether oxygens (including phenoxy) is 2. The van der Waals surface area contributed by atoms with Gasteiger partial charge in [-0.3, -0.25) is 4.79 Å². The van der Waals surface area contributed by atoms with Gasteiger partial charge in [0.2, 0.25) is 6.10 Å². The first-order valence-corrected chi connectivity index (χ1v) is 7.70. The summed E-state index contributed by atoms with van der Waals surface area (Å²) in [6.07, 6.45) is -0.660. The summed E-state index contributed by atoms with van der Waals surface area (Å²) in [6, 6.07) is 12.9. The molecule has 0 radical (unpaired) electrons. The Hall–Kier alpha value is -2.60. The molecule has 1 atom stereocenters. The van der Waals surface area contributed by atoms with Gasteiger partial charge in [0.15, 0.2) is 11.5 Å². The van der Waals surface area contributed by atoms with Crippen molar-refractivity contribution >= 4 is 33.1 Å². The van der Waals surface area contributed by atoms with Gasteiger partial charge < -0.3 is 14.8 Å². The maximum Gasteiger partial charge on any atom is 0.269 e. The first-order chi connectivity index (χ1) is 10.8. The van der Waals surface area contributed by atoms with E-state index in [4.69, 9.17) is 9.47 Å². The van der Waals surface area contributed by atoms with Gasteiger partial charge in [0.1, 0.15) is 6.61 Å². The molecule has 0 saturated heterocycles. The van der Waals surface area contributed by atoms with Crippen molar-refractivity contribution in [3.63, 3.8) is 0 Å². The van der Waals surface area contributed by atoms with E-state index in [9.17, 15) is 4.79 Å². The lowest BCUT2D eigenvalue weighted by molar-refractivity contribution is -0.125. The summed E-state index contributed by atoms with van der Waals surface area (Å²) in [6.45, 7) is 0.200. The van der Waals surface area contributed by atoms with E-state index < -0.39 is 6.10 Å². The van der Waals surface area contributed by atoms with Crippen LogP contribution < -0.4 is 14.8 Å². The van der Waals surface area contributed by atoms with Crippen molar-refractivity contribution in [2.45, 2.75) is 6.10 Å². The lowest BCUT2D eigenvalue weighted by Gasteiger charge is -2.25. The zero-order chi connectivity index (χ0) is 14.9. The molecule has 22 heavy (non-hydrogen) atoms. The molecule has 1 aliphatic heterocycles. The minimum atomic E-state index is -0.660. The number of para-hydroxylation sites is 2. The summed E-state index contributed by atoms with van der Waals surface area (Å²) >= 11 is 1.54. The average molecular weight is 312 g/mol. The fraction of sp³-hybridized carbons (Fsp3) is 0.125. The lowest BCUT2D eigenvalue weighted by atomic mass is 10.2. The molecule has 0 fully saturated rings. The van der Waals surface area contributed by atoms with Crippen molar-refractivity contribution in [3.8, 4) is 11.5 Å². The number of hydrogen-bond acceptors (Lipinski definition) is 5. The number of nitrogens with one attached hydrogen (secondary N) is 1. The van der Waals surface area contributed by atoms with E-state index in [1.54, 1.807) is 11.6 Å². The molecule has 1 aliphatic rings. The molecule has 3 aromatic rings. The first-order valence-electron chi connectivity index (χ1n) is 6.82. The van der Waals surface area contributed by atoms with Crippen molar-refractivity contribution in [3.05, 3.63) is 48.0 Å². The van der Waals surface area contributed by atoms with Gasteiger partial charge in [0.05, 0.1) is 15.7 Å². The van der Waals surface area contributed by atoms with Crippen molar-refractivity contribution in [1.29, 1.82) is 0 Å². The minimum Gasteiger partial charge on any atom is -0.485 e. The SMILES string of the molecule is O=C(Nc1ccc2ncsc2c1)[C@@H]1COc2ccccc2O1. The Kier molecular flexibility index (Phi) is 3.16. The summed E-state index contributed by atoms with van der Waals surface area (Å²) in [5.41, 5.74) is 3.43. The number of amides is 1. The van der Waals surface area contributed by atoms with E-state index in [0.29, 0.717) is 11.5 Å². The van der Waals surface area contributed by atoms with Gasteiger partial charge in [0, 0.05) is 5.69 Å². The average Bonchev–Trinajstić information content (AvgIpc) is 3.02. The summed E-state index contributed by atoms with van der Waals surface area (Å²) < 4.78 is 12.3. The van der Waals surface area contributed by atoms with E-state index in [2.05, 4.69) is 10.3 Å². The zero-order valence-corrected chi connectivity index (χ0v) is 12.3. The van der Waals surface area contributed by atoms with E-state index in [1.165, 1.54) is 11.3 Å². The molecule has 0 spiro atoms. The van der Waals surface area contributed by atoms with E-state index in [0.717, 1.165) is 15.9 Å². The normalized spacial score (nSPS) is 16.5. The van der Waals surface area contributed by atoms with Gasteiger partial charge in [-0.1, -0.05) is 12.1 Å². The number of benzene rings is 2. The van der Waals surface area contributed by atoms with Crippen LogP contribution in [0, 0.1) is 0 Å². The highest BCUT2D eigenvalue weighted by Crippen LogP contribution is 2.31. The summed E-state index contributed by atoms with van der Waals surface area (Å²) in [7, 11) is 0. The predicted molar refractivity (Wildman–Crippen MR) is 84.6 cm³/mol. The molecule has 4 rings (SSSR count). The number of thiazole rings is 1. The van der Waals surface area contributed by atoms with Crippen LogP contribution in [-0.2, 0) is 4.79 Å². The number of fused-ring (bicyclic) bond motifs is 2. The van der Waals surface area contributed by atoms with Crippen LogP contribution in [-0.4, -0.2) is 23.6 Å². The van der Waals surface area contributed by atoms with Crippen LogP contribution in [0.4, 0.5) is 5.69 Å². The van der Waals surface area contributed by atoms with Crippen LogP contribution in [0.1, 0.15) is 0 Å². The Morgan fingerprint density at radius 3 is 3.00 bits per heavy atom. The van der Waals surface area contributed by atoms with Crippen molar-refractivity contribution in [2.24, 2.45) is 0 Å². The number of carbonyl (C=O) groups excluding carboxylic acids is 1. The third-order valence-electron chi connectivity index (χ3n) is 3.40. The number of aromatic nitrogens is 1. The molecule has 2 heterocycles. The van der Waals surface area contributed by atoms with Gasteiger partial charge in [-0.05, 0) is 30.3 Å². The Labute approximate surface area is 130 Å². The summed E-state index contributed by atoms with van der Waals surface area (Å²) in [5, 5.41) is 2.86. The molecule has 1 N–H and O–H groups in total. The molecule has 110 valence electrons.